The first-order chi connectivity index (χ1) is 17.4. The van der Waals surface area contributed by atoms with Crippen LogP contribution in [-0.4, -0.2) is 77.4 Å². The summed E-state index contributed by atoms with van der Waals surface area (Å²) in [5.74, 6) is -0.404. The molecule has 0 aliphatic carbocycles. The van der Waals surface area contributed by atoms with Gasteiger partial charge in [-0.15, -0.1) is 0 Å². The molecule has 6 nitrogen and oxygen atoms in total. The molecule has 10 heteroatoms. The zero-order valence-electron chi connectivity index (χ0n) is 21.1. The summed E-state index contributed by atoms with van der Waals surface area (Å²) in [4.78, 5) is 20.1. The second-order valence-corrected chi connectivity index (χ2v) is 10.7. The number of rotatable bonds is 7. The van der Waals surface area contributed by atoms with Crippen molar-refractivity contribution in [2.24, 2.45) is 11.3 Å². The van der Waals surface area contributed by atoms with E-state index in [-0.39, 0.29) is 24.6 Å². The Morgan fingerprint density at radius 3 is 2.35 bits per heavy atom. The molecule has 37 heavy (non-hydrogen) atoms. The highest BCUT2D eigenvalue weighted by atomic mass is 19.4. The lowest BCUT2D eigenvalue weighted by Gasteiger charge is -2.38. The molecular formula is C27H33F4N3O3. The van der Waals surface area contributed by atoms with Crippen molar-refractivity contribution in [3.8, 4) is 17.0 Å². The van der Waals surface area contributed by atoms with Crippen molar-refractivity contribution >= 4 is 5.91 Å². The molecule has 1 aromatic carbocycles. The first-order valence-corrected chi connectivity index (χ1v) is 12.6. The van der Waals surface area contributed by atoms with Gasteiger partial charge in [0.05, 0.1) is 23.7 Å². The molecule has 1 atom stereocenters. The predicted molar refractivity (Wildman–Crippen MR) is 131 cm³/mol. The molecule has 3 heterocycles. The highest BCUT2D eigenvalue weighted by Crippen LogP contribution is 2.38. The molecule has 2 aromatic rings. The quantitative estimate of drug-likeness (QED) is 0.530. The van der Waals surface area contributed by atoms with Gasteiger partial charge in [-0.05, 0) is 75.9 Å². The Hall–Kier alpha value is -2.72. The van der Waals surface area contributed by atoms with E-state index in [0.717, 1.165) is 12.8 Å². The molecule has 2 saturated heterocycles. The van der Waals surface area contributed by atoms with E-state index in [1.807, 2.05) is 4.90 Å². The van der Waals surface area contributed by atoms with Crippen LogP contribution < -0.4 is 4.74 Å². The van der Waals surface area contributed by atoms with Crippen molar-refractivity contribution in [2.45, 2.75) is 45.4 Å². The zero-order valence-corrected chi connectivity index (χ0v) is 21.1. The number of amides is 1. The fourth-order valence-electron chi connectivity index (χ4n) is 4.76. The van der Waals surface area contributed by atoms with Crippen LogP contribution >= 0.6 is 0 Å². The maximum absolute atomic E-state index is 14.7. The fraction of sp³-hybridized carbons (Fsp3) is 0.556. The van der Waals surface area contributed by atoms with E-state index in [1.54, 1.807) is 24.4 Å². The van der Waals surface area contributed by atoms with Gasteiger partial charge in [0.1, 0.15) is 5.82 Å². The summed E-state index contributed by atoms with van der Waals surface area (Å²) in [5, 5.41) is 9.62. The number of hydrogen-bond donors (Lipinski definition) is 1. The molecular weight excluding hydrogens is 490 g/mol. The molecule has 1 N–H and O–H groups in total. The second kappa shape index (κ2) is 10.9. The molecule has 4 rings (SSSR count). The zero-order chi connectivity index (χ0) is 26.8. The second-order valence-electron chi connectivity index (χ2n) is 10.7. The highest BCUT2D eigenvalue weighted by molar-refractivity contribution is 5.95. The van der Waals surface area contributed by atoms with Crippen LogP contribution in [0.1, 0.15) is 43.5 Å². The van der Waals surface area contributed by atoms with Crippen molar-refractivity contribution < 1.29 is 32.2 Å². The molecule has 2 aliphatic rings. The lowest BCUT2D eigenvalue weighted by atomic mass is 9.89. The van der Waals surface area contributed by atoms with Gasteiger partial charge < -0.3 is 19.6 Å². The number of alkyl halides is 3. The maximum Gasteiger partial charge on any atom is 0.395 e. The van der Waals surface area contributed by atoms with Crippen LogP contribution in [0.4, 0.5) is 17.6 Å². The molecule has 0 unspecified atom stereocenters. The summed E-state index contributed by atoms with van der Waals surface area (Å²) < 4.78 is 60.0. The van der Waals surface area contributed by atoms with Gasteiger partial charge in [0.25, 0.3) is 5.91 Å². The average molecular weight is 524 g/mol. The van der Waals surface area contributed by atoms with E-state index in [0.29, 0.717) is 49.7 Å². The third kappa shape index (κ3) is 6.59. The summed E-state index contributed by atoms with van der Waals surface area (Å²) in [6.07, 6.45) is -1.22. The number of likely N-dealkylation sites (tertiary alicyclic amines) is 2. The van der Waals surface area contributed by atoms with Crippen molar-refractivity contribution in [3.63, 3.8) is 0 Å². The fourth-order valence-corrected chi connectivity index (χ4v) is 4.76. The molecule has 0 spiro atoms. The highest BCUT2D eigenvalue weighted by Gasteiger charge is 2.48. The van der Waals surface area contributed by atoms with Gasteiger partial charge in [-0.25, -0.2) is 9.37 Å². The summed E-state index contributed by atoms with van der Waals surface area (Å²) >= 11 is 0. The monoisotopic (exact) mass is 523 g/mol. The van der Waals surface area contributed by atoms with Gasteiger partial charge in [0.15, 0.2) is 0 Å². The van der Waals surface area contributed by atoms with E-state index < -0.39 is 29.4 Å². The molecule has 2 aliphatic heterocycles. The number of β-amino-alcohol motifs (C(OH)–C–C–N with tert-alkyl or cyclic N) is 1. The smallest absolute Gasteiger partial charge is 0.395 e. The number of aliphatic hydroxyl groups excluding tert-OH is 1. The van der Waals surface area contributed by atoms with Crippen LogP contribution in [0.3, 0.4) is 0 Å². The standard InChI is InChI=1S/C27H33F4N3O3/c1-26(2,27(29,30)31)17-33-10-7-18(8-11-33)16-37-24-6-4-20(14-32-24)19-3-5-22(23(28)13-19)25(36)34-12-9-21(35)15-34/h3-6,13-14,18,21,35H,7-12,15-17H2,1-2H3/t21-/m1/s1. The first kappa shape index (κ1) is 27.3. The van der Waals surface area contributed by atoms with Crippen LogP contribution in [0.25, 0.3) is 11.1 Å². The number of ether oxygens (including phenoxy) is 1. The minimum absolute atomic E-state index is 0.00971. The topological polar surface area (TPSA) is 65.9 Å². The molecule has 0 saturated carbocycles. The van der Waals surface area contributed by atoms with Crippen LogP contribution in [-0.2, 0) is 0 Å². The maximum atomic E-state index is 14.7. The predicted octanol–water partition coefficient (Wildman–Crippen LogP) is 4.77. The van der Waals surface area contributed by atoms with Gasteiger partial charge in [-0.3, -0.25) is 4.79 Å². The van der Waals surface area contributed by atoms with E-state index in [1.165, 1.54) is 30.9 Å². The van der Waals surface area contributed by atoms with Crippen molar-refractivity contribution in [3.05, 3.63) is 47.9 Å². The SMILES string of the molecule is CC(C)(CN1CCC(COc2ccc(-c3ccc(C(=O)N4CC[C@@H](O)C4)c(F)c3)cn2)CC1)C(F)(F)F. The van der Waals surface area contributed by atoms with E-state index in [2.05, 4.69) is 4.98 Å². The third-order valence-corrected chi connectivity index (χ3v) is 7.28. The van der Waals surface area contributed by atoms with Crippen LogP contribution in [0.5, 0.6) is 5.88 Å². The largest absolute Gasteiger partial charge is 0.477 e. The lowest BCUT2D eigenvalue weighted by molar-refractivity contribution is -0.217. The molecule has 2 fully saturated rings. The van der Waals surface area contributed by atoms with Crippen LogP contribution in [0.2, 0.25) is 0 Å². The number of halogens is 4. The number of benzene rings is 1. The Bertz CT molecular complexity index is 1080. The average Bonchev–Trinajstić information content (AvgIpc) is 3.29. The Morgan fingerprint density at radius 1 is 1.08 bits per heavy atom. The summed E-state index contributed by atoms with van der Waals surface area (Å²) in [5.41, 5.74) is -0.525. The lowest BCUT2D eigenvalue weighted by Crippen LogP contribution is -2.46. The molecule has 1 amide bonds. The summed E-state index contributed by atoms with van der Waals surface area (Å²) in [6.45, 7) is 4.71. The van der Waals surface area contributed by atoms with Gasteiger partial charge in [-0.1, -0.05) is 6.07 Å². The number of aliphatic hydroxyl groups is 1. The van der Waals surface area contributed by atoms with E-state index in [4.69, 9.17) is 4.74 Å². The van der Waals surface area contributed by atoms with E-state index in [9.17, 15) is 27.5 Å². The molecule has 0 bridgehead atoms. The first-order valence-electron chi connectivity index (χ1n) is 12.6. The van der Waals surface area contributed by atoms with Crippen LogP contribution in [0.15, 0.2) is 36.5 Å². The van der Waals surface area contributed by atoms with Gasteiger partial charge in [0.2, 0.25) is 5.88 Å². The number of piperidine rings is 1. The number of pyridine rings is 1. The third-order valence-electron chi connectivity index (χ3n) is 7.28. The van der Waals surface area contributed by atoms with Crippen molar-refractivity contribution in [2.75, 3.05) is 39.3 Å². The van der Waals surface area contributed by atoms with Gasteiger partial charge in [0, 0.05) is 37.5 Å². The Labute approximate surface area is 214 Å². The summed E-state index contributed by atoms with van der Waals surface area (Å²) in [7, 11) is 0. The summed E-state index contributed by atoms with van der Waals surface area (Å²) in [6, 6.07) is 7.86. The van der Waals surface area contributed by atoms with Crippen molar-refractivity contribution in [1.29, 1.82) is 0 Å². The van der Waals surface area contributed by atoms with E-state index >= 15 is 0 Å². The minimum atomic E-state index is -4.23. The normalized spacial score (nSPS) is 19.9. The Morgan fingerprint density at radius 2 is 1.78 bits per heavy atom. The number of nitrogens with zero attached hydrogens (tertiary/aromatic N) is 3. The number of hydrogen-bond acceptors (Lipinski definition) is 5. The van der Waals surface area contributed by atoms with Gasteiger partial charge >= 0.3 is 6.18 Å². The van der Waals surface area contributed by atoms with Gasteiger partial charge in [-0.2, -0.15) is 13.2 Å². The molecule has 0 radical (unpaired) electrons. The molecule has 202 valence electrons. The minimum Gasteiger partial charge on any atom is -0.477 e. The van der Waals surface area contributed by atoms with Crippen LogP contribution in [0, 0.1) is 17.2 Å². The Kier molecular flexibility index (Phi) is 8.08. The molecule has 1 aromatic heterocycles. The Balaban J connectivity index is 1.27. The van der Waals surface area contributed by atoms with Crippen molar-refractivity contribution in [1.82, 2.24) is 14.8 Å². The number of carbonyl (C=O) groups is 1. The number of aromatic nitrogens is 1. The number of carbonyl (C=O) groups excluding carboxylic acids is 1.